The largest absolute Gasteiger partial charge is 0.507 e. The fourth-order valence-corrected chi connectivity index (χ4v) is 2.97. The van der Waals surface area contributed by atoms with Crippen LogP contribution in [-0.4, -0.2) is 32.8 Å². The Morgan fingerprint density at radius 2 is 2.09 bits per heavy atom. The van der Waals surface area contributed by atoms with Crippen molar-refractivity contribution in [3.63, 3.8) is 0 Å². The molecule has 0 aliphatic heterocycles. The van der Waals surface area contributed by atoms with Crippen LogP contribution in [0.1, 0.15) is 31.5 Å². The maximum absolute atomic E-state index is 10.1. The van der Waals surface area contributed by atoms with Gasteiger partial charge >= 0.3 is 0 Å². The second kappa shape index (κ2) is 6.54. The van der Waals surface area contributed by atoms with Crippen LogP contribution in [0.2, 0.25) is 0 Å². The van der Waals surface area contributed by atoms with Gasteiger partial charge in [0.05, 0.1) is 17.9 Å². The molecule has 2 aromatic rings. The molecular weight excluding hydrogens is 290 g/mol. The van der Waals surface area contributed by atoms with Gasteiger partial charge in [0.25, 0.3) is 0 Å². The summed E-state index contributed by atoms with van der Waals surface area (Å²) in [5.41, 5.74) is 2.82. The molecule has 23 heavy (non-hydrogen) atoms. The van der Waals surface area contributed by atoms with Crippen LogP contribution < -0.4 is 5.32 Å². The maximum Gasteiger partial charge on any atom is 0.165 e. The second-order valence-corrected chi connectivity index (χ2v) is 6.41. The molecule has 1 aliphatic rings. The van der Waals surface area contributed by atoms with Crippen molar-refractivity contribution in [2.75, 3.05) is 11.9 Å². The number of nitrogens with one attached hydrogen (secondary N) is 1. The summed E-state index contributed by atoms with van der Waals surface area (Å²) in [5, 5.41) is 22.7. The molecule has 5 nitrogen and oxygen atoms in total. The number of anilines is 1. The predicted molar refractivity (Wildman–Crippen MR) is 90.5 cm³/mol. The van der Waals surface area contributed by atoms with E-state index >= 15 is 0 Å². The number of para-hydroxylation sites is 1. The first-order chi connectivity index (χ1) is 11.1. The SMILES string of the molecule is CC1CCc2c(nc(-c3ccccc3O)nc2NC(C)CO)C1. The van der Waals surface area contributed by atoms with E-state index in [0.717, 1.165) is 36.3 Å². The molecule has 1 aromatic carbocycles. The lowest BCUT2D eigenvalue weighted by molar-refractivity contribution is 0.281. The van der Waals surface area contributed by atoms with Crippen LogP contribution in [0.5, 0.6) is 5.75 Å². The molecule has 1 aliphatic carbocycles. The third kappa shape index (κ3) is 3.29. The van der Waals surface area contributed by atoms with Gasteiger partial charge in [0.15, 0.2) is 5.82 Å². The Kier molecular flexibility index (Phi) is 4.48. The summed E-state index contributed by atoms with van der Waals surface area (Å²) < 4.78 is 0. The minimum Gasteiger partial charge on any atom is -0.507 e. The molecule has 2 atom stereocenters. The molecule has 2 unspecified atom stereocenters. The van der Waals surface area contributed by atoms with E-state index in [4.69, 9.17) is 4.98 Å². The van der Waals surface area contributed by atoms with E-state index in [1.54, 1.807) is 12.1 Å². The summed E-state index contributed by atoms with van der Waals surface area (Å²) in [6.45, 7) is 4.19. The van der Waals surface area contributed by atoms with Gasteiger partial charge in [-0.2, -0.15) is 0 Å². The molecule has 1 aromatic heterocycles. The molecule has 3 N–H and O–H groups in total. The number of fused-ring (bicyclic) bond motifs is 1. The first kappa shape index (κ1) is 15.7. The standard InChI is InChI=1S/C18H23N3O2/c1-11-7-8-13-15(9-11)20-18(14-5-3-4-6-16(14)23)21-17(13)19-12(2)10-22/h3-6,11-12,22-23H,7-10H2,1-2H3,(H,19,20,21). The summed E-state index contributed by atoms with van der Waals surface area (Å²) in [6.07, 6.45) is 2.98. The van der Waals surface area contributed by atoms with Crippen molar-refractivity contribution in [3.8, 4) is 17.1 Å². The molecule has 0 saturated carbocycles. The lowest BCUT2D eigenvalue weighted by Crippen LogP contribution is -2.24. The molecule has 0 fully saturated rings. The number of nitrogens with zero attached hydrogens (tertiary/aromatic N) is 2. The molecule has 5 heteroatoms. The number of rotatable bonds is 4. The van der Waals surface area contributed by atoms with Crippen LogP contribution in [0.25, 0.3) is 11.4 Å². The first-order valence-corrected chi connectivity index (χ1v) is 8.14. The van der Waals surface area contributed by atoms with Crippen LogP contribution in [0.15, 0.2) is 24.3 Å². The van der Waals surface area contributed by atoms with Crippen molar-refractivity contribution in [3.05, 3.63) is 35.5 Å². The highest BCUT2D eigenvalue weighted by Crippen LogP contribution is 2.33. The number of phenols is 1. The zero-order chi connectivity index (χ0) is 16.4. The Balaban J connectivity index is 2.09. The smallest absolute Gasteiger partial charge is 0.165 e. The summed E-state index contributed by atoms with van der Waals surface area (Å²) in [7, 11) is 0. The number of hydrogen-bond acceptors (Lipinski definition) is 5. The second-order valence-electron chi connectivity index (χ2n) is 6.41. The van der Waals surface area contributed by atoms with Crippen LogP contribution in [0, 0.1) is 5.92 Å². The number of benzene rings is 1. The molecule has 0 amide bonds. The maximum atomic E-state index is 10.1. The first-order valence-electron chi connectivity index (χ1n) is 8.14. The Hall–Kier alpha value is -2.14. The zero-order valence-corrected chi connectivity index (χ0v) is 13.6. The number of aliphatic hydroxyl groups excluding tert-OH is 1. The normalized spacial score (nSPS) is 18.3. The molecule has 122 valence electrons. The van der Waals surface area contributed by atoms with Gasteiger partial charge in [-0.05, 0) is 44.2 Å². The molecule has 0 saturated heterocycles. The van der Waals surface area contributed by atoms with Crippen molar-refractivity contribution in [1.29, 1.82) is 0 Å². The van der Waals surface area contributed by atoms with Gasteiger partial charge in [-0.3, -0.25) is 0 Å². The summed E-state index contributed by atoms with van der Waals surface area (Å²) in [6, 6.07) is 7.04. The minimum absolute atomic E-state index is 0.0428. The number of hydrogen-bond donors (Lipinski definition) is 3. The van der Waals surface area contributed by atoms with E-state index in [0.29, 0.717) is 17.3 Å². The van der Waals surface area contributed by atoms with E-state index in [2.05, 4.69) is 17.2 Å². The van der Waals surface area contributed by atoms with E-state index in [9.17, 15) is 10.2 Å². The summed E-state index contributed by atoms with van der Waals surface area (Å²) >= 11 is 0. The van der Waals surface area contributed by atoms with Gasteiger partial charge in [0.2, 0.25) is 0 Å². The van der Waals surface area contributed by atoms with Gasteiger partial charge in [-0.15, -0.1) is 0 Å². The number of aliphatic hydroxyl groups is 1. The molecule has 1 heterocycles. The average Bonchev–Trinajstić information content (AvgIpc) is 2.54. The highest BCUT2D eigenvalue weighted by Gasteiger charge is 2.23. The fourth-order valence-electron chi connectivity index (χ4n) is 2.97. The van der Waals surface area contributed by atoms with Crippen molar-refractivity contribution in [2.24, 2.45) is 5.92 Å². The summed E-state index contributed by atoms with van der Waals surface area (Å²) in [5.74, 6) is 2.08. The monoisotopic (exact) mass is 313 g/mol. The molecule has 0 bridgehead atoms. The van der Waals surface area contributed by atoms with Crippen molar-refractivity contribution < 1.29 is 10.2 Å². The van der Waals surface area contributed by atoms with Crippen LogP contribution >= 0.6 is 0 Å². The van der Waals surface area contributed by atoms with E-state index in [1.165, 1.54) is 0 Å². The molecule has 0 radical (unpaired) electrons. The summed E-state index contributed by atoms with van der Waals surface area (Å²) in [4.78, 5) is 9.35. The third-order valence-corrected chi connectivity index (χ3v) is 4.32. The predicted octanol–water partition coefficient (Wildman–Crippen LogP) is 2.77. The highest BCUT2D eigenvalue weighted by molar-refractivity contribution is 5.66. The molecule has 0 spiro atoms. The van der Waals surface area contributed by atoms with E-state index in [-0.39, 0.29) is 18.4 Å². The van der Waals surface area contributed by atoms with Gasteiger partial charge < -0.3 is 15.5 Å². The van der Waals surface area contributed by atoms with Crippen molar-refractivity contribution >= 4 is 5.82 Å². The van der Waals surface area contributed by atoms with Crippen LogP contribution in [-0.2, 0) is 12.8 Å². The van der Waals surface area contributed by atoms with Gasteiger partial charge in [-0.1, -0.05) is 19.1 Å². The zero-order valence-electron chi connectivity index (χ0n) is 13.6. The van der Waals surface area contributed by atoms with E-state index in [1.807, 2.05) is 19.1 Å². The van der Waals surface area contributed by atoms with Crippen molar-refractivity contribution in [2.45, 2.75) is 39.2 Å². The fraction of sp³-hybridized carbons (Fsp3) is 0.444. The average molecular weight is 313 g/mol. The Labute approximate surface area is 136 Å². The Morgan fingerprint density at radius 1 is 1.30 bits per heavy atom. The van der Waals surface area contributed by atoms with Crippen LogP contribution in [0.3, 0.4) is 0 Å². The molecule has 3 rings (SSSR count). The van der Waals surface area contributed by atoms with Crippen LogP contribution in [0.4, 0.5) is 5.82 Å². The van der Waals surface area contributed by atoms with Gasteiger partial charge in [0, 0.05) is 11.6 Å². The number of aromatic nitrogens is 2. The lowest BCUT2D eigenvalue weighted by Gasteiger charge is -2.25. The Morgan fingerprint density at radius 3 is 2.83 bits per heavy atom. The third-order valence-electron chi connectivity index (χ3n) is 4.32. The number of phenolic OH excluding ortho intramolecular Hbond substituents is 1. The molecular formula is C18H23N3O2. The topological polar surface area (TPSA) is 78.3 Å². The van der Waals surface area contributed by atoms with Gasteiger partial charge in [-0.25, -0.2) is 9.97 Å². The lowest BCUT2D eigenvalue weighted by atomic mass is 9.88. The minimum atomic E-state index is -0.0782. The van der Waals surface area contributed by atoms with Gasteiger partial charge in [0.1, 0.15) is 11.6 Å². The van der Waals surface area contributed by atoms with Crippen molar-refractivity contribution in [1.82, 2.24) is 9.97 Å². The van der Waals surface area contributed by atoms with E-state index < -0.39 is 0 Å². The highest BCUT2D eigenvalue weighted by atomic mass is 16.3. The number of aromatic hydroxyl groups is 1. The Bertz CT molecular complexity index is 703. The quantitative estimate of drug-likeness (QED) is 0.809.